The number of esters is 1. The number of rotatable bonds is 6. The van der Waals surface area contributed by atoms with Crippen LogP contribution in [0.25, 0.3) is 0 Å². The van der Waals surface area contributed by atoms with Crippen LogP contribution in [0.15, 0.2) is 24.3 Å². The van der Waals surface area contributed by atoms with Gasteiger partial charge in [-0.2, -0.15) is 0 Å². The molecule has 2 atom stereocenters. The van der Waals surface area contributed by atoms with Crippen LogP contribution in [0.2, 0.25) is 0 Å². The van der Waals surface area contributed by atoms with Crippen molar-refractivity contribution in [1.82, 2.24) is 4.90 Å². The first-order valence-electron chi connectivity index (χ1n) is 7.28. The summed E-state index contributed by atoms with van der Waals surface area (Å²) in [5.74, 6) is 0.608. The number of benzene rings is 1. The van der Waals surface area contributed by atoms with Crippen LogP contribution in [-0.4, -0.2) is 44.2 Å². The highest BCUT2D eigenvalue weighted by Crippen LogP contribution is 2.24. The number of carbonyl (C=O) groups excluding carboxylic acids is 1. The topological polar surface area (TPSA) is 38.8 Å². The summed E-state index contributed by atoms with van der Waals surface area (Å²) >= 11 is 0. The summed E-state index contributed by atoms with van der Waals surface area (Å²) in [6, 6.07) is 6.03. The fraction of sp³-hybridized carbons (Fsp3) is 0.562. The second kappa shape index (κ2) is 7.41. The maximum absolute atomic E-state index is 12.7. The third-order valence-electron chi connectivity index (χ3n) is 3.89. The number of ether oxygens (including phenoxy) is 2. The maximum Gasteiger partial charge on any atom is 0.310 e. The largest absolute Gasteiger partial charge is 0.494 e. The molecule has 0 amide bonds. The molecule has 0 radical (unpaired) electrons. The molecule has 0 N–H and O–H groups in total. The maximum atomic E-state index is 12.7. The Morgan fingerprint density at radius 2 is 2.05 bits per heavy atom. The number of likely N-dealkylation sites (tertiary alicyclic amines) is 1. The first-order chi connectivity index (χ1) is 10.1. The van der Waals surface area contributed by atoms with Crippen LogP contribution < -0.4 is 4.74 Å². The van der Waals surface area contributed by atoms with Crippen LogP contribution in [0.4, 0.5) is 4.39 Å². The number of methoxy groups -OCH3 is 1. The van der Waals surface area contributed by atoms with Gasteiger partial charge in [-0.25, -0.2) is 4.39 Å². The van der Waals surface area contributed by atoms with E-state index in [9.17, 15) is 9.18 Å². The molecule has 2 rings (SSSR count). The van der Waals surface area contributed by atoms with E-state index >= 15 is 0 Å². The Hall–Kier alpha value is -1.62. The molecule has 1 aliphatic rings. The lowest BCUT2D eigenvalue weighted by atomic mass is 9.99. The summed E-state index contributed by atoms with van der Waals surface area (Å²) in [6.45, 7) is 5.22. The van der Waals surface area contributed by atoms with Gasteiger partial charge in [0.1, 0.15) is 11.6 Å². The van der Waals surface area contributed by atoms with Crippen LogP contribution in [0.1, 0.15) is 13.3 Å². The normalized spacial score (nSPS) is 22.2. The predicted molar refractivity (Wildman–Crippen MR) is 77.6 cm³/mol. The van der Waals surface area contributed by atoms with E-state index in [1.165, 1.54) is 19.2 Å². The van der Waals surface area contributed by atoms with Gasteiger partial charge >= 0.3 is 5.97 Å². The lowest BCUT2D eigenvalue weighted by Crippen LogP contribution is -2.26. The number of halogens is 1. The molecule has 4 nitrogen and oxygen atoms in total. The lowest BCUT2D eigenvalue weighted by Gasteiger charge is -2.15. The van der Waals surface area contributed by atoms with Gasteiger partial charge in [0.15, 0.2) is 0 Å². The molecule has 116 valence electrons. The van der Waals surface area contributed by atoms with Crippen molar-refractivity contribution in [3.05, 3.63) is 30.1 Å². The summed E-state index contributed by atoms with van der Waals surface area (Å²) in [4.78, 5) is 13.9. The zero-order valence-corrected chi connectivity index (χ0v) is 12.5. The highest BCUT2D eigenvalue weighted by atomic mass is 19.1. The first-order valence-corrected chi connectivity index (χ1v) is 7.28. The first kappa shape index (κ1) is 15.8. The monoisotopic (exact) mass is 295 g/mol. The molecule has 0 aromatic heterocycles. The van der Waals surface area contributed by atoms with Crippen LogP contribution in [0, 0.1) is 17.7 Å². The summed E-state index contributed by atoms with van der Waals surface area (Å²) in [5, 5.41) is 0. The minimum atomic E-state index is -0.262. The Bertz CT molecular complexity index is 463. The Morgan fingerprint density at radius 1 is 1.33 bits per heavy atom. The fourth-order valence-corrected chi connectivity index (χ4v) is 2.72. The van der Waals surface area contributed by atoms with Gasteiger partial charge in [-0.3, -0.25) is 4.79 Å². The van der Waals surface area contributed by atoms with Crippen molar-refractivity contribution in [1.29, 1.82) is 0 Å². The van der Waals surface area contributed by atoms with Gasteiger partial charge < -0.3 is 14.4 Å². The van der Waals surface area contributed by atoms with Crippen molar-refractivity contribution in [2.45, 2.75) is 13.3 Å². The fourth-order valence-electron chi connectivity index (χ4n) is 2.72. The van der Waals surface area contributed by atoms with E-state index < -0.39 is 0 Å². The van der Waals surface area contributed by atoms with E-state index in [-0.39, 0.29) is 17.7 Å². The molecular weight excluding hydrogens is 273 g/mol. The average molecular weight is 295 g/mol. The molecule has 1 heterocycles. The zero-order valence-electron chi connectivity index (χ0n) is 12.5. The molecule has 2 unspecified atom stereocenters. The molecule has 1 fully saturated rings. The molecule has 0 spiro atoms. The quantitative estimate of drug-likeness (QED) is 0.596. The second-order valence-corrected chi connectivity index (χ2v) is 5.52. The summed E-state index contributed by atoms with van der Waals surface area (Å²) in [7, 11) is 1.44. The molecule has 5 heteroatoms. The van der Waals surface area contributed by atoms with Gasteiger partial charge in [0.05, 0.1) is 19.6 Å². The summed E-state index contributed by atoms with van der Waals surface area (Å²) in [6.07, 6.45) is 0.873. The Labute approximate surface area is 124 Å². The third kappa shape index (κ3) is 4.43. The van der Waals surface area contributed by atoms with Crippen LogP contribution in [0.3, 0.4) is 0 Å². The van der Waals surface area contributed by atoms with E-state index in [0.717, 1.165) is 26.1 Å². The van der Waals surface area contributed by atoms with E-state index in [2.05, 4.69) is 11.8 Å². The van der Waals surface area contributed by atoms with Gasteiger partial charge in [0.25, 0.3) is 0 Å². The Kier molecular flexibility index (Phi) is 5.56. The molecule has 1 aromatic carbocycles. The highest BCUT2D eigenvalue weighted by Gasteiger charge is 2.34. The summed E-state index contributed by atoms with van der Waals surface area (Å²) < 4.78 is 23.1. The van der Waals surface area contributed by atoms with E-state index in [4.69, 9.17) is 9.47 Å². The van der Waals surface area contributed by atoms with Crippen molar-refractivity contribution < 1.29 is 18.7 Å². The van der Waals surface area contributed by atoms with Crippen molar-refractivity contribution in [2.24, 2.45) is 11.8 Å². The zero-order chi connectivity index (χ0) is 15.2. The molecule has 1 aromatic rings. The van der Waals surface area contributed by atoms with E-state index in [1.54, 1.807) is 12.1 Å². The Balaban J connectivity index is 1.67. The van der Waals surface area contributed by atoms with Gasteiger partial charge in [-0.05, 0) is 36.6 Å². The number of nitrogens with zero attached hydrogens (tertiary/aromatic N) is 1. The number of carbonyl (C=O) groups is 1. The highest BCUT2D eigenvalue weighted by molar-refractivity contribution is 5.73. The minimum absolute atomic E-state index is 0.0204. The molecular formula is C16H22FNO3. The van der Waals surface area contributed by atoms with Crippen molar-refractivity contribution in [3.8, 4) is 5.75 Å². The van der Waals surface area contributed by atoms with Gasteiger partial charge in [0.2, 0.25) is 0 Å². The summed E-state index contributed by atoms with van der Waals surface area (Å²) in [5.41, 5.74) is 0. The van der Waals surface area contributed by atoms with E-state index in [1.807, 2.05) is 0 Å². The molecule has 1 saturated heterocycles. The van der Waals surface area contributed by atoms with Gasteiger partial charge in [-0.1, -0.05) is 6.92 Å². The smallest absolute Gasteiger partial charge is 0.310 e. The van der Waals surface area contributed by atoms with E-state index in [0.29, 0.717) is 18.3 Å². The molecule has 0 saturated carbocycles. The minimum Gasteiger partial charge on any atom is -0.494 e. The molecule has 0 aliphatic carbocycles. The molecule has 0 bridgehead atoms. The predicted octanol–water partition coefficient (Wildman–Crippen LogP) is 2.34. The Morgan fingerprint density at radius 3 is 2.71 bits per heavy atom. The molecule has 1 aliphatic heterocycles. The van der Waals surface area contributed by atoms with Crippen LogP contribution in [0.5, 0.6) is 5.75 Å². The molecule has 21 heavy (non-hydrogen) atoms. The van der Waals surface area contributed by atoms with Crippen molar-refractivity contribution in [2.75, 3.05) is 33.4 Å². The lowest BCUT2D eigenvalue weighted by molar-refractivity contribution is -0.146. The van der Waals surface area contributed by atoms with Gasteiger partial charge in [-0.15, -0.1) is 0 Å². The number of hydrogen-bond acceptors (Lipinski definition) is 4. The average Bonchev–Trinajstić information content (AvgIpc) is 2.85. The second-order valence-electron chi connectivity index (χ2n) is 5.52. The van der Waals surface area contributed by atoms with Crippen LogP contribution in [-0.2, 0) is 9.53 Å². The SMILES string of the molecule is COC(=O)C1CN(CCCOc2ccc(F)cc2)CC1C. The van der Waals surface area contributed by atoms with Gasteiger partial charge in [0, 0.05) is 19.6 Å². The number of hydrogen-bond donors (Lipinski definition) is 0. The standard InChI is InChI=1S/C16H22FNO3/c1-12-10-18(11-15(12)16(19)20-2)8-3-9-21-14-6-4-13(17)5-7-14/h4-7,12,15H,3,8-11H2,1-2H3. The third-order valence-corrected chi connectivity index (χ3v) is 3.89. The van der Waals surface area contributed by atoms with Crippen molar-refractivity contribution in [3.63, 3.8) is 0 Å². The van der Waals surface area contributed by atoms with Crippen LogP contribution >= 0.6 is 0 Å². The van der Waals surface area contributed by atoms with Crippen molar-refractivity contribution >= 4 is 5.97 Å².